The first kappa shape index (κ1) is 60.9. The van der Waals surface area contributed by atoms with Crippen LogP contribution in [0.5, 0.6) is 5.75 Å². The lowest BCUT2D eigenvalue weighted by Gasteiger charge is -2.54. The highest BCUT2D eigenvalue weighted by atomic mass is 32.2. The number of aliphatic carboxylic acids is 1. The predicted molar refractivity (Wildman–Crippen MR) is 289 cm³/mol. The van der Waals surface area contributed by atoms with E-state index in [0.717, 1.165) is 86.6 Å². The van der Waals surface area contributed by atoms with Crippen molar-refractivity contribution in [2.75, 3.05) is 64.8 Å². The summed E-state index contributed by atoms with van der Waals surface area (Å²) in [7, 11) is -3.81. The fraction of sp³-hybridized carbons (Fsp3) is 0.448. The number of rotatable bonds is 26. The van der Waals surface area contributed by atoms with E-state index in [1.54, 1.807) is 12.1 Å². The number of sulfone groups is 1. The van der Waals surface area contributed by atoms with Crippen molar-refractivity contribution >= 4 is 21.8 Å². The molecule has 72 heavy (non-hydrogen) atoms. The van der Waals surface area contributed by atoms with E-state index in [4.69, 9.17) is 5.73 Å². The molecule has 5 aromatic rings. The van der Waals surface area contributed by atoms with Gasteiger partial charge in [-0.1, -0.05) is 184 Å². The largest absolute Gasteiger partial charge is 0.872 e. The smallest absolute Gasteiger partial charge is 0.335 e. The molecule has 5 rings (SSSR count). The minimum absolute atomic E-state index is 0.00138. The Hall–Kier alpha value is -5.45. The maximum atomic E-state index is 12.8. The summed E-state index contributed by atoms with van der Waals surface area (Å²) in [5, 5.41) is 36.4. The summed E-state index contributed by atoms with van der Waals surface area (Å²) < 4.78 is 23.4. The van der Waals surface area contributed by atoms with Gasteiger partial charge in [0.2, 0.25) is 0 Å². The van der Waals surface area contributed by atoms with E-state index in [-0.39, 0.29) is 28.1 Å². The summed E-state index contributed by atoms with van der Waals surface area (Å²) in [5.74, 6) is -4.58. The van der Waals surface area contributed by atoms with Gasteiger partial charge in [0.05, 0.1) is 28.3 Å². The van der Waals surface area contributed by atoms with Gasteiger partial charge in [0, 0.05) is 24.9 Å². The molecule has 0 aliphatic heterocycles. The Labute approximate surface area is 431 Å². The zero-order valence-electron chi connectivity index (χ0n) is 44.5. The van der Waals surface area contributed by atoms with Crippen molar-refractivity contribution in [3.63, 3.8) is 0 Å². The van der Waals surface area contributed by atoms with Gasteiger partial charge < -0.3 is 25.8 Å². The molecule has 2 atom stereocenters. The highest BCUT2D eigenvalue weighted by Crippen LogP contribution is 2.36. The van der Waals surface area contributed by atoms with Crippen LogP contribution in [-0.2, 0) is 21.1 Å². The average molecular weight is 1010 g/mol. The van der Waals surface area contributed by atoms with Gasteiger partial charge in [-0.25, -0.2) is 13.2 Å². The number of carboxylic acid groups (broad SMARTS) is 2. The molecule has 4 N–H and O–H groups in total. The van der Waals surface area contributed by atoms with Gasteiger partial charge in [-0.2, -0.15) is 0 Å². The van der Waals surface area contributed by atoms with Crippen LogP contribution >= 0.6 is 0 Å². The number of hydrogen-bond donors (Lipinski definition) is 3. The van der Waals surface area contributed by atoms with Gasteiger partial charge in [0.25, 0.3) is 0 Å². The molecule has 5 aromatic carbocycles. The van der Waals surface area contributed by atoms with Crippen LogP contribution in [0.4, 0.5) is 0 Å². The van der Waals surface area contributed by atoms with Gasteiger partial charge in [-0.05, 0) is 110 Å². The molecular formula is C58H82N6O7S-2. The number of aromatic carboxylic acids is 1. The maximum absolute atomic E-state index is 12.8. The number of nitrogens with one attached hydrogen (secondary N) is 1. The Bertz CT molecular complexity index is 2420. The Balaban J connectivity index is 0.000000288. The third-order valence-electron chi connectivity index (χ3n) is 13.7. The number of nitrogens with two attached hydrogens (primary N) is 1. The summed E-state index contributed by atoms with van der Waals surface area (Å²) in [6, 6.07) is 39.0. The average Bonchev–Trinajstić information content (AvgIpc) is 3.38. The third kappa shape index (κ3) is 16.8. The van der Waals surface area contributed by atoms with Crippen LogP contribution in [0.2, 0.25) is 0 Å². The van der Waals surface area contributed by atoms with Gasteiger partial charge >= 0.3 is 5.97 Å². The molecule has 0 spiro atoms. The van der Waals surface area contributed by atoms with Crippen molar-refractivity contribution < 1.29 is 33.3 Å². The molecule has 0 heterocycles. The van der Waals surface area contributed by atoms with Crippen LogP contribution in [0, 0.1) is 0 Å². The van der Waals surface area contributed by atoms with E-state index in [1.165, 1.54) is 18.2 Å². The van der Waals surface area contributed by atoms with Crippen molar-refractivity contribution in [3.8, 4) is 5.75 Å². The second-order valence-electron chi connectivity index (χ2n) is 17.7. The molecule has 0 aromatic heterocycles. The number of hydrogen-bond acceptors (Lipinski definition) is 12. The summed E-state index contributed by atoms with van der Waals surface area (Å²) in [5.41, 5.74) is 11.4. The first-order valence-electron chi connectivity index (χ1n) is 25.6. The number of carboxylic acids is 2. The van der Waals surface area contributed by atoms with Gasteiger partial charge in [0.15, 0.2) is 9.84 Å². The van der Waals surface area contributed by atoms with Crippen molar-refractivity contribution in [1.29, 1.82) is 0 Å². The quantitative estimate of drug-likeness (QED) is 0.0457. The predicted octanol–water partition coefficient (Wildman–Crippen LogP) is 7.79. The number of carbonyl (C=O) groups is 2. The summed E-state index contributed by atoms with van der Waals surface area (Å²) in [4.78, 5) is 32.3. The number of benzene rings is 5. The molecule has 0 bridgehead atoms. The van der Waals surface area contributed by atoms with Crippen molar-refractivity contribution in [1.82, 2.24) is 24.9 Å². The Morgan fingerprint density at radius 2 is 1.06 bits per heavy atom. The van der Waals surface area contributed by atoms with Crippen molar-refractivity contribution in [3.05, 3.63) is 166 Å². The topological polar surface area (TPSA) is 186 Å². The minimum Gasteiger partial charge on any atom is -0.872 e. The molecule has 0 aliphatic carbocycles. The zero-order valence-corrected chi connectivity index (χ0v) is 45.3. The molecule has 13 nitrogen and oxygen atoms in total. The normalized spacial score (nSPS) is 12.6. The molecule has 0 amide bonds. The van der Waals surface area contributed by atoms with Crippen LogP contribution in [0.1, 0.15) is 131 Å². The highest BCUT2D eigenvalue weighted by Gasteiger charge is 2.43. The first-order chi connectivity index (χ1) is 34.4. The molecule has 394 valence electrons. The third-order valence-corrected chi connectivity index (χ3v) is 15.3. The van der Waals surface area contributed by atoms with E-state index in [0.29, 0.717) is 24.8 Å². The van der Waals surface area contributed by atoms with E-state index >= 15 is 0 Å². The lowest BCUT2D eigenvalue weighted by molar-refractivity contribution is -0.301. The van der Waals surface area contributed by atoms with Crippen molar-refractivity contribution in [2.24, 2.45) is 5.73 Å². The monoisotopic (exact) mass is 1010 g/mol. The lowest BCUT2D eigenvalue weighted by Crippen LogP contribution is -2.72. The van der Waals surface area contributed by atoms with Crippen LogP contribution < -0.4 is 21.3 Å². The van der Waals surface area contributed by atoms with Gasteiger partial charge in [-0.15, -0.1) is 0 Å². The molecule has 0 radical (unpaired) electrons. The molecule has 0 saturated heterocycles. The molecule has 14 heteroatoms. The fourth-order valence-corrected chi connectivity index (χ4v) is 10.6. The first-order valence-corrected chi connectivity index (χ1v) is 27.3. The van der Waals surface area contributed by atoms with Crippen LogP contribution in [0.15, 0.2) is 132 Å². The summed E-state index contributed by atoms with van der Waals surface area (Å²) >= 11 is 0. The van der Waals surface area contributed by atoms with E-state index in [9.17, 15) is 33.3 Å². The molecule has 0 aliphatic rings. The van der Waals surface area contributed by atoms with E-state index in [2.05, 4.69) is 80.3 Å². The second-order valence-corrected chi connectivity index (χ2v) is 19.7. The van der Waals surface area contributed by atoms with Crippen LogP contribution in [-0.4, -0.2) is 122 Å². The summed E-state index contributed by atoms with van der Waals surface area (Å²) in [6.07, 6.45) is 2.10. The molecule has 2 unspecified atom stereocenters. The highest BCUT2D eigenvalue weighted by molar-refractivity contribution is 7.92. The number of carbonyl (C=O) groups excluding carboxylic acids is 1. The van der Waals surface area contributed by atoms with Crippen LogP contribution in [0.25, 0.3) is 0 Å². The van der Waals surface area contributed by atoms with Crippen molar-refractivity contribution in [2.45, 2.75) is 111 Å². The molecule has 0 fully saturated rings. The Kier molecular flexibility index (Phi) is 25.8. The zero-order chi connectivity index (χ0) is 53.4. The van der Waals surface area contributed by atoms with E-state index in [1.807, 2.05) is 111 Å². The van der Waals surface area contributed by atoms with Gasteiger partial charge in [0.1, 0.15) is 5.79 Å². The summed E-state index contributed by atoms with van der Waals surface area (Å²) in [6.45, 7) is 30.8. The maximum Gasteiger partial charge on any atom is 0.335 e. The standard InChI is InChI=1S/C23H22O3.C20H48N6.C15H14O4S/c1-15(17-9-5-3-6-10-17)19-13-20(22(24)21(14-19)23(25)26)16(2)18-11-7-4-8-12-18;1-9-23(10-2)19(24(11-3)12-4)17-20(22-18-21,25(13-5)14-6)26(15-7)16-8;16-15(17)11-20(18,19)14-8-6-13(7-9-14)10-12-4-2-1-3-5-12/h3-16,24H,1-2H3,(H,25,26);19,22H,9-18,21H2,1-8H3;1-9H,10-11H2,(H,16,17)/p-2. The van der Waals surface area contributed by atoms with E-state index < -0.39 is 33.3 Å². The van der Waals surface area contributed by atoms with Crippen LogP contribution in [0.3, 0.4) is 0 Å². The minimum atomic E-state index is -3.81. The molecule has 0 saturated carbocycles. The van der Waals surface area contributed by atoms with Gasteiger partial charge in [-0.3, -0.25) is 24.9 Å². The Morgan fingerprint density at radius 1 is 0.625 bits per heavy atom. The lowest BCUT2D eigenvalue weighted by atomic mass is 9.85. The fourth-order valence-electron chi connectivity index (χ4n) is 9.59. The number of nitrogens with zero attached hydrogens (tertiary/aromatic N) is 4. The Morgan fingerprint density at radius 3 is 1.46 bits per heavy atom. The molecular weight excluding hydrogens is 925 g/mol. The second kappa shape index (κ2) is 30.6. The SMILES string of the molecule is CC(c1ccccc1)c1cc(C(=O)O)c([O-])c(C(C)c2ccccc2)c1.CCN(CC)C(CC(NCN)(N(CC)CC)N(CC)CC)N(CC)CC.O=C([O-])CS(=O)(=O)c1ccc(Cc2ccccc2)cc1.